The molecule has 0 aromatic rings. The number of hydrogen-bond acceptors (Lipinski definition) is 13. The summed E-state index contributed by atoms with van der Waals surface area (Å²) in [6.45, 7) is 63.0. The summed E-state index contributed by atoms with van der Waals surface area (Å²) in [4.78, 5) is 6.87. The molecule has 0 amide bonds. The van der Waals surface area contributed by atoms with E-state index < -0.39 is 56.5 Å². The number of hydrogen-bond donors (Lipinski definition) is 3. The summed E-state index contributed by atoms with van der Waals surface area (Å²) in [6, 6.07) is 1.91. The van der Waals surface area contributed by atoms with Crippen LogP contribution in [0.2, 0.25) is 97.7 Å². The third-order valence-corrected chi connectivity index (χ3v) is 48.2. The van der Waals surface area contributed by atoms with E-state index in [9.17, 15) is 5.11 Å². The molecule has 0 radical (unpaired) electrons. The molecule has 3 heterocycles. The van der Waals surface area contributed by atoms with Gasteiger partial charge in [-0.1, -0.05) is 89.5 Å². The van der Waals surface area contributed by atoms with Gasteiger partial charge in [-0.15, -0.1) is 0 Å². The van der Waals surface area contributed by atoms with Crippen molar-refractivity contribution in [3.05, 3.63) is 0 Å². The fourth-order valence-corrected chi connectivity index (χ4v) is 34.1. The standard InChI is InChI=1S/C25H58N2O5Si3.C19H44O4Si3.C7H15NO/c1-24(2,3)33(7,8)31-35(11,32-34(9,10)25(4,5)6)20-12-19-30-22-23(29)21-27-15-13-26(14-16-27)17-18-28;1-18(2,3)24(7,8)22-26(11,23-25(9,10)19(4,5)6)14-12-13-20-15-17-16-21-17;9-7-6-8-4-2-1-3-5-8/h23,28-29H,12-22H2,1-11H3;17H,12-16H2,1-11H3;9H,1-7H2. The van der Waals surface area contributed by atoms with Crippen LogP contribution in [0.25, 0.3) is 0 Å². The number of nitrogens with zero attached hydrogens (tertiary/aromatic N) is 3. The van der Waals surface area contributed by atoms with E-state index in [4.69, 9.17) is 40.9 Å². The molecule has 0 aliphatic carbocycles. The number of aliphatic hydroxyl groups excluding tert-OH is 3. The Hall–Kier alpha value is 0.781. The molecule has 13 nitrogen and oxygen atoms in total. The van der Waals surface area contributed by atoms with Gasteiger partial charge >= 0.3 is 17.1 Å². The molecule has 3 fully saturated rings. The summed E-state index contributed by atoms with van der Waals surface area (Å²) >= 11 is 0. The van der Waals surface area contributed by atoms with Crippen LogP contribution < -0.4 is 0 Å². The Morgan fingerprint density at radius 3 is 1.16 bits per heavy atom. The maximum absolute atomic E-state index is 10.5. The molecule has 0 aromatic carbocycles. The average molecular weight is 1100 g/mol. The highest BCUT2D eigenvalue weighted by atomic mass is 28.5. The molecule has 3 aliphatic rings. The van der Waals surface area contributed by atoms with E-state index in [0.29, 0.717) is 32.5 Å². The first-order valence-electron chi connectivity index (χ1n) is 27.4. The number of aliphatic hydroxyl groups is 3. The summed E-state index contributed by atoms with van der Waals surface area (Å²) in [7, 11) is -12.4. The van der Waals surface area contributed by atoms with Crippen LogP contribution in [0.5, 0.6) is 0 Å². The van der Waals surface area contributed by atoms with Gasteiger partial charge in [0.2, 0.25) is 0 Å². The Balaban J connectivity index is 0.000000608. The second kappa shape index (κ2) is 29.5. The Bertz CT molecular complexity index is 1360. The molecule has 2 unspecified atom stereocenters. The summed E-state index contributed by atoms with van der Waals surface area (Å²) in [5.74, 6) is 0. The molecule has 19 heteroatoms. The molecule has 2 atom stereocenters. The quantitative estimate of drug-likeness (QED) is 0.0431. The zero-order valence-electron chi connectivity index (χ0n) is 50.0. The maximum Gasteiger partial charge on any atom is 0.314 e. The first kappa shape index (κ1) is 68.8. The van der Waals surface area contributed by atoms with Crippen LogP contribution in [0.1, 0.15) is 115 Å². The summed E-state index contributed by atoms with van der Waals surface area (Å²) in [5.41, 5.74) is 0. The number of β-amino-alcohol motifs (C(OH)–C–C–N with tert-alkyl or cyclic N) is 3. The van der Waals surface area contributed by atoms with Crippen molar-refractivity contribution in [2.75, 3.05) is 105 Å². The summed E-state index contributed by atoms with van der Waals surface area (Å²) < 4.78 is 44.9. The fourth-order valence-electron chi connectivity index (χ4n) is 7.62. The minimum atomic E-state index is -2.42. The molecule has 3 rings (SSSR count). The van der Waals surface area contributed by atoms with Crippen molar-refractivity contribution in [1.82, 2.24) is 14.7 Å². The van der Waals surface area contributed by atoms with Crippen LogP contribution in [0.4, 0.5) is 0 Å². The SMILES string of the molecule is CC(C)(C)[Si](C)(C)O[Si](C)(CCCOCC(O)CN1CCN(CCO)CC1)O[Si](C)(C)C(C)(C)C.CC(C)(C)[Si](C)(C)O[Si](C)(CCCOCC1CO1)O[Si](C)(C)C(C)(C)C.OCCN1CCCCC1. The van der Waals surface area contributed by atoms with Gasteiger partial charge in [0.1, 0.15) is 6.10 Å². The van der Waals surface area contributed by atoms with E-state index in [2.05, 4.69) is 163 Å². The van der Waals surface area contributed by atoms with Crippen LogP contribution in [-0.2, 0) is 30.7 Å². The summed E-state index contributed by atoms with van der Waals surface area (Å²) in [5, 5.41) is 28.8. The predicted molar refractivity (Wildman–Crippen MR) is 310 cm³/mol. The monoisotopic (exact) mass is 1100 g/mol. The Morgan fingerprint density at radius 1 is 0.500 bits per heavy atom. The minimum Gasteiger partial charge on any atom is -0.436 e. The van der Waals surface area contributed by atoms with Gasteiger partial charge in [0.25, 0.3) is 0 Å². The van der Waals surface area contributed by atoms with E-state index in [-0.39, 0.29) is 26.8 Å². The molecule has 0 saturated carbocycles. The zero-order valence-corrected chi connectivity index (χ0v) is 56.0. The van der Waals surface area contributed by atoms with E-state index in [1.54, 1.807) is 0 Å². The topological polar surface area (TPSA) is 138 Å². The lowest BCUT2D eigenvalue weighted by atomic mass is 10.1. The molecule has 0 bridgehead atoms. The molecular weight excluding hydrogens is 983 g/mol. The highest BCUT2D eigenvalue weighted by molar-refractivity contribution is 6.91. The Kier molecular flexibility index (Phi) is 29.0. The highest BCUT2D eigenvalue weighted by Gasteiger charge is 2.51. The van der Waals surface area contributed by atoms with Crippen molar-refractivity contribution in [3.8, 4) is 0 Å². The van der Waals surface area contributed by atoms with Crippen LogP contribution in [-0.4, -0.2) is 198 Å². The van der Waals surface area contributed by atoms with Gasteiger partial charge in [-0.05, 0) is 136 Å². The van der Waals surface area contributed by atoms with Crippen LogP contribution in [0.3, 0.4) is 0 Å². The van der Waals surface area contributed by atoms with Gasteiger partial charge in [-0.2, -0.15) is 0 Å². The first-order valence-corrected chi connectivity index (χ1v) is 44.1. The van der Waals surface area contributed by atoms with Crippen LogP contribution >= 0.6 is 0 Å². The third kappa shape index (κ3) is 26.2. The zero-order chi connectivity index (χ0) is 54.1. The molecule has 70 heavy (non-hydrogen) atoms. The smallest absolute Gasteiger partial charge is 0.314 e. The van der Waals surface area contributed by atoms with Crippen molar-refractivity contribution in [2.24, 2.45) is 0 Å². The van der Waals surface area contributed by atoms with Gasteiger partial charge in [-0.25, -0.2) is 0 Å². The van der Waals surface area contributed by atoms with Crippen molar-refractivity contribution >= 4 is 50.4 Å². The molecular formula is C51H117N3O10Si6. The fraction of sp³-hybridized carbons (Fsp3) is 1.00. The van der Waals surface area contributed by atoms with Crippen LogP contribution in [0.15, 0.2) is 0 Å². The van der Waals surface area contributed by atoms with Crippen LogP contribution in [0, 0.1) is 0 Å². The lowest BCUT2D eigenvalue weighted by Gasteiger charge is -2.48. The predicted octanol–water partition coefficient (Wildman–Crippen LogP) is 10.9. The Morgan fingerprint density at radius 2 is 0.829 bits per heavy atom. The molecule has 0 aromatic heterocycles. The maximum atomic E-state index is 10.5. The normalized spacial score (nSPS) is 19.6. The number of ether oxygens (including phenoxy) is 3. The first-order chi connectivity index (χ1) is 31.7. The lowest BCUT2D eigenvalue weighted by molar-refractivity contribution is 0.00605. The number of rotatable bonds is 26. The Labute approximate surface area is 439 Å². The molecule has 0 spiro atoms. The van der Waals surface area contributed by atoms with Gasteiger partial charge in [0, 0.05) is 59.0 Å². The third-order valence-electron chi connectivity index (χ3n) is 16.2. The molecule has 420 valence electrons. The van der Waals surface area contributed by atoms with Gasteiger partial charge in [0.05, 0.1) is 39.1 Å². The molecule has 3 saturated heterocycles. The summed E-state index contributed by atoms with van der Waals surface area (Å²) in [6.07, 6.45) is 5.76. The number of epoxide rings is 1. The van der Waals surface area contributed by atoms with E-state index >= 15 is 0 Å². The van der Waals surface area contributed by atoms with Crippen molar-refractivity contribution in [2.45, 2.75) is 225 Å². The minimum absolute atomic E-state index is 0.141. The number of likely N-dealkylation sites (tertiary alicyclic amines) is 1. The number of piperidine rings is 1. The largest absolute Gasteiger partial charge is 0.436 e. The number of piperazine rings is 1. The molecule has 3 aliphatic heterocycles. The highest BCUT2D eigenvalue weighted by Crippen LogP contribution is 2.45. The van der Waals surface area contributed by atoms with Crippen molar-refractivity contribution < 1.29 is 46.0 Å². The lowest BCUT2D eigenvalue weighted by Crippen LogP contribution is -2.58. The average Bonchev–Trinajstić information content (AvgIpc) is 4.01. The second-order valence-corrected chi connectivity index (χ2v) is 54.1. The van der Waals surface area contributed by atoms with Crippen molar-refractivity contribution in [1.29, 1.82) is 0 Å². The van der Waals surface area contributed by atoms with E-state index in [1.165, 1.54) is 32.4 Å². The van der Waals surface area contributed by atoms with Crippen molar-refractivity contribution in [3.63, 3.8) is 0 Å². The molecule has 3 N–H and O–H groups in total. The van der Waals surface area contributed by atoms with Gasteiger partial charge in [-0.3, -0.25) is 9.80 Å². The van der Waals surface area contributed by atoms with Gasteiger partial charge < -0.3 is 50.9 Å². The van der Waals surface area contributed by atoms with Gasteiger partial charge in [0.15, 0.2) is 33.3 Å². The van der Waals surface area contributed by atoms with E-state index in [0.717, 1.165) is 84.0 Å². The van der Waals surface area contributed by atoms with E-state index in [1.807, 2.05) is 0 Å². The second-order valence-electron chi connectivity index (χ2n) is 27.2.